The van der Waals surface area contributed by atoms with Gasteiger partial charge in [0.05, 0.1) is 27.4 Å². The lowest BCUT2D eigenvalue weighted by molar-refractivity contribution is 0.0967. The lowest BCUT2D eigenvalue weighted by Gasteiger charge is -2.21. The van der Waals surface area contributed by atoms with E-state index in [1.165, 1.54) is 49.4 Å². The Morgan fingerprint density at radius 2 is 1.91 bits per heavy atom. The molecule has 2 aliphatic heterocycles. The summed E-state index contributed by atoms with van der Waals surface area (Å²) < 4.78 is 27.7. The second-order valence-electron chi connectivity index (χ2n) is 8.18. The smallest absolute Gasteiger partial charge is 0.257 e. The zero-order valence-electron chi connectivity index (χ0n) is 18.9. The molecule has 0 aromatic heterocycles. The van der Waals surface area contributed by atoms with E-state index in [9.17, 15) is 18.3 Å². The SMILES string of the molecule is O=C(NC1=CNC(Nc2ccc(S(=O)(=O)NCCN3CCCC3)cc2)N=C1)c1cc(O)ccc1Cl. The number of benzene rings is 2. The number of halogens is 1. The number of nitrogens with one attached hydrogen (secondary N) is 4. The molecule has 0 radical (unpaired) electrons. The Balaban J connectivity index is 1.27. The van der Waals surface area contributed by atoms with Crippen LogP contribution in [0.5, 0.6) is 5.75 Å². The fraction of sp³-hybridized carbons (Fsp3) is 0.304. The van der Waals surface area contributed by atoms with Crippen molar-refractivity contribution in [1.29, 1.82) is 0 Å². The molecule has 12 heteroatoms. The fourth-order valence-electron chi connectivity index (χ4n) is 3.75. The van der Waals surface area contributed by atoms with Crippen molar-refractivity contribution in [3.05, 3.63) is 64.9 Å². The summed E-state index contributed by atoms with van der Waals surface area (Å²) in [6.07, 6.45) is 4.87. The molecule has 1 unspecified atom stereocenters. The van der Waals surface area contributed by atoms with Gasteiger partial charge >= 0.3 is 0 Å². The van der Waals surface area contributed by atoms with Crippen LogP contribution in [-0.2, 0) is 10.0 Å². The first-order chi connectivity index (χ1) is 16.8. The number of hydrogen-bond acceptors (Lipinski definition) is 8. The average molecular weight is 519 g/mol. The van der Waals surface area contributed by atoms with E-state index in [0.29, 0.717) is 24.5 Å². The number of amides is 1. The quantitative estimate of drug-likeness (QED) is 0.343. The number of allylic oxidation sites excluding steroid dienone is 1. The third-order valence-corrected chi connectivity index (χ3v) is 7.41. The first-order valence-electron chi connectivity index (χ1n) is 11.2. The molecule has 2 heterocycles. The molecule has 1 atom stereocenters. The number of aliphatic imine (C=N–C) groups is 1. The van der Waals surface area contributed by atoms with Crippen molar-refractivity contribution < 1.29 is 18.3 Å². The number of rotatable bonds is 9. The lowest BCUT2D eigenvalue weighted by atomic mass is 10.2. The maximum atomic E-state index is 12.5. The van der Waals surface area contributed by atoms with Crippen LogP contribution < -0.4 is 20.7 Å². The van der Waals surface area contributed by atoms with Crippen LogP contribution >= 0.6 is 11.6 Å². The van der Waals surface area contributed by atoms with Crippen molar-refractivity contribution in [2.75, 3.05) is 31.5 Å². The minimum atomic E-state index is -3.57. The topological polar surface area (TPSA) is 135 Å². The molecule has 2 aromatic carbocycles. The van der Waals surface area contributed by atoms with E-state index in [1.54, 1.807) is 18.3 Å². The number of aromatic hydroxyl groups is 1. The Morgan fingerprint density at radius 3 is 2.60 bits per heavy atom. The highest BCUT2D eigenvalue weighted by Crippen LogP contribution is 2.21. The van der Waals surface area contributed by atoms with E-state index in [0.717, 1.165) is 13.1 Å². The monoisotopic (exact) mass is 518 g/mol. The first kappa shape index (κ1) is 25.0. The summed E-state index contributed by atoms with van der Waals surface area (Å²) >= 11 is 6.02. The second-order valence-corrected chi connectivity index (χ2v) is 10.4. The van der Waals surface area contributed by atoms with Crippen LogP contribution in [0, 0.1) is 0 Å². The molecule has 1 saturated heterocycles. The molecule has 0 spiro atoms. The maximum absolute atomic E-state index is 12.5. The molecule has 0 saturated carbocycles. The Kier molecular flexibility index (Phi) is 7.91. The van der Waals surface area contributed by atoms with Gasteiger partial charge in [-0.25, -0.2) is 18.1 Å². The van der Waals surface area contributed by atoms with E-state index in [2.05, 4.69) is 30.6 Å². The Morgan fingerprint density at radius 1 is 1.17 bits per heavy atom. The van der Waals surface area contributed by atoms with Gasteiger partial charge in [0.1, 0.15) is 5.75 Å². The van der Waals surface area contributed by atoms with Crippen molar-refractivity contribution in [2.24, 2.45) is 4.99 Å². The Labute approximate surface area is 209 Å². The van der Waals surface area contributed by atoms with Crippen molar-refractivity contribution in [3.8, 4) is 5.75 Å². The summed E-state index contributed by atoms with van der Waals surface area (Å²) in [6, 6.07) is 10.5. The molecule has 5 N–H and O–H groups in total. The number of hydrogen-bond donors (Lipinski definition) is 5. The van der Waals surface area contributed by atoms with E-state index < -0.39 is 22.2 Å². The minimum absolute atomic E-state index is 0.0649. The molecule has 186 valence electrons. The molecule has 0 aliphatic carbocycles. The van der Waals surface area contributed by atoms with E-state index in [1.807, 2.05) is 0 Å². The molecule has 4 rings (SSSR count). The average Bonchev–Trinajstić information content (AvgIpc) is 3.36. The first-order valence-corrected chi connectivity index (χ1v) is 13.0. The van der Waals surface area contributed by atoms with Gasteiger partial charge in [0.25, 0.3) is 5.91 Å². The zero-order valence-corrected chi connectivity index (χ0v) is 20.4. The van der Waals surface area contributed by atoms with Gasteiger partial charge in [-0.3, -0.25) is 4.79 Å². The zero-order chi connectivity index (χ0) is 24.8. The number of phenols is 1. The molecule has 1 amide bonds. The van der Waals surface area contributed by atoms with Crippen LogP contribution in [0.15, 0.2) is 64.2 Å². The van der Waals surface area contributed by atoms with Crippen molar-refractivity contribution in [2.45, 2.75) is 24.0 Å². The predicted octanol–water partition coefficient (Wildman–Crippen LogP) is 2.06. The molecule has 0 bridgehead atoms. The summed E-state index contributed by atoms with van der Waals surface area (Å²) in [5.41, 5.74) is 1.22. The van der Waals surface area contributed by atoms with Crippen LogP contribution in [0.2, 0.25) is 5.02 Å². The van der Waals surface area contributed by atoms with Crippen LogP contribution in [0.25, 0.3) is 0 Å². The Hall–Kier alpha value is -3.12. The van der Waals surface area contributed by atoms with Gasteiger partial charge in [0.2, 0.25) is 10.0 Å². The van der Waals surface area contributed by atoms with Crippen LogP contribution in [0.3, 0.4) is 0 Å². The number of phenolic OH excluding ortho intramolecular Hbond substituents is 1. The minimum Gasteiger partial charge on any atom is -0.508 e. The predicted molar refractivity (Wildman–Crippen MR) is 135 cm³/mol. The number of sulfonamides is 1. The second kappa shape index (κ2) is 11.1. The summed E-state index contributed by atoms with van der Waals surface area (Å²) in [5.74, 6) is -0.549. The van der Waals surface area contributed by atoms with E-state index in [4.69, 9.17) is 11.6 Å². The number of likely N-dealkylation sites (tertiary alicyclic amines) is 1. The molecule has 2 aromatic rings. The van der Waals surface area contributed by atoms with Crippen LogP contribution in [0.1, 0.15) is 23.2 Å². The largest absolute Gasteiger partial charge is 0.508 e. The van der Waals surface area contributed by atoms with Gasteiger partial charge in [-0.2, -0.15) is 0 Å². The molecule has 1 fully saturated rings. The molecule has 10 nitrogen and oxygen atoms in total. The van der Waals surface area contributed by atoms with Gasteiger partial charge in [-0.1, -0.05) is 11.6 Å². The molecular formula is C23H27ClN6O4S. The number of anilines is 1. The summed E-state index contributed by atoms with van der Waals surface area (Å²) in [5, 5.41) is 18.6. The van der Waals surface area contributed by atoms with E-state index >= 15 is 0 Å². The number of nitrogens with zero attached hydrogens (tertiary/aromatic N) is 2. The molecule has 2 aliphatic rings. The highest BCUT2D eigenvalue weighted by Gasteiger charge is 2.17. The standard InChI is InChI=1S/C23H27ClN6O4S/c24-21-8-5-18(31)13-20(21)22(32)28-17-14-25-23(26-15-17)29-16-3-6-19(7-4-16)35(33,34)27-9-12-30-10-1-2-11-30/h3-8,13-15,23,25,27,29,31H,1-2,9-12H2,(H,28,32). The van der Waals surface area contributed by atoms with Gasteiger partial charge in [-0.15, -0.1) is 0 Å². The highest BCUT2D eigenvalue weighted by molar-refractivity contribution is 7.89. The number of carbonyl (C=O) groups is 1. The van der Waals surface area contributed by atoms with Crippen LogP contribution in [0.4, 0.5) is 5.69 Å². The van der Waals surface area contributed by atoms with Gasteiger partial charge in [0.15, 0.2) is 6.29 Å². The Bertz CT molecular complexity index is 1230. The maximum Gasteiger partial charge on any atom is 0.257 e. The van der Waals surface area contributed by atoms with E-state index in [-0.39, 0.29) is 21.2 Å². The third-order valence-electron chi connectivity index (χ3n) is 5.60. The lowest BCUT2D eigenvalue weighted by Crippen LogP contribution is -2.36. The van der Waals surface area contributed by atoms with Crippen LogP contribution in [-0.4, -0.2) is 63.0 Å². The molecule has 35 heavy (non-hydrogen) atoms. The van der Waals surface area contributed by atoms with Gasteiger partial charge < -0.3 is 26.0 Å². The summed E-state index contributed by atoms with van der Waals surface area (Å²) in [4.78, 5) is 19.1. The fourth-order valence-corrected chi connectivity index (χ4v) is 4.98. The summed E-state index contributed by atoms with van der Waals surface area (Å²) in [7, 11) is -3.57. The highest BCUT2D eigenvalue weighted by atomic mass is 35.5. The van der Waals surface area contributed by atoms with Gasteiger partial charge in [-0.05, 0) is 68.4 Å². The molecular weight excluding hydrogens is 492 g/mol. The van der Waals surface area contributed by atoms with Crippen molar-refractivity contribution in [3.63, 3.8) is 0 Å². The van der Waals surface area contributed by atoms with Crippen molar-refractivity contribution >= 4 is 39.4 Å². The number of carbonyl (C=O) groups excluding carboxylic acids is 1. The normalized spacial score (nSPS) is 18.1. The van der Waals surface area contributed by atoms with Gasteiger partial charge in [0, 0.05) is 25.0 Å². The van der Waals surface area contributed by atoms with Crippen molar-refractivity contribution in [1.82, 2.24) is 20.3 Å². The summed E-state index contributed by atoms with van der Waals surface area (Å²) in [6.45, 7) is 3.14. The third kappa shape index (κ3) is 6.73.